The van der Waals surface area contributed by atoms with Gasteiger partial charge in [0.25, 0.3) is 0 Å². The fraction of sp³-hybridized carbons (Fsp3) is 0.929. The molecule has 2 rings (SSSR count). The van der Waals surface area contributed by atoms with Crippen LogP contribution in [0.1, 0.15) is 45.4 Å². The van der Waals surface area contributed by atoms with E-state index in [2.05, 4.69) is 17.1 Å². The molecule has 1 aliphatic carbocycles. The van der Waals surface area contributed by atoms with Gasteiger partial charge in [0.15, 0.2) is 0 Å². The fourth-order valence-corrected chi connectivity index (χ4v) is 3.37. The molecule has 1 saturated carbocycles. The van der Waals surface area contributed by atoms with Crippen LogP contribution in [0.5, 0.6) is 0 Å². The van der Waals surface area contributed by atoms with Gasteiger partial charge in [-0.2, -0.15) is 0 Å². The van der Waals surface area contributed by atoms with E-state index in [-0.39, 0.29) is 5.91 Å². The van der Waals surface area contributed by atoms with Crippen LogP contribution in [0.4, 0.5) is 0 Å². The van der Waals surface area contributed by atoms with E-state index in [4.69, 9.17) is 5.73 Å². The van der Waals surface area contributed by atoms with Crippen LogP contribution in [0.15, 0.2) is 0 Å². The molecule has 1 heterocycles. The lowest BCUT2D eigenvalue weighted by Crippen LogP contribution is -2.46. The minimum Gasteiger partial charge on any atom is -0.352 e. The van der Waals surface area contributed by atoms with Gasteiger partial charge in [0, 0.05) is 18.6 Å². The zero-order valence-electron chi connectivity index (χ0n) is 11.5. The van der Waals surface area contributed by atoms with Gasteiger partial charge in [-0.05, 0) is 31.7 Å². The van der Waals surface area contributed by atoms with Gasteiger partial charge >= 0.3 is 0 Å². The second kappa shape index (κ2) is 6.53. The molecule has 1 saturated heterocycles. The Labute approximate surface area is 110 Å². The molecule has 2 aliphatic rings. The largest absolute Gasteiger partial charge is 0.352 e. The van der Waals surface area contributed by atoms with Gasteiger partial charge in [-0.25, -0.2) is 0 Å². The summed E-state index contributed by atoms with van der Waals surface area (Å²) in [6.07, 6.45) is 7.32. The lowest BCUT2D eigenvalue weighted by molar-refractivity contribution is -0.123. The molecule has 4 heteroatoms. The molecule has 1 amide bonds. The number of nitrogens with zero attached hydrogens (tertiary/aromatic N) is 1. The first kappa shape index (κ1) is 13.8. The second-order valence-electron chi connectivity index (χ2n) is 5.94. The third-order valence-corrected chi connectivity index (χ3v) is 4.56. The summed E-state index contributed by atoms with van der Waals surface area (Å²) < 4.78 is 0. The highest BCUT2D eigenvalue weighted by Crippen LogP contribution is 2.22. The van der Waals surface area contributed by atoms with E-state index in [1.807, 2.05) is 0 Å². The predicted molar refractivity (Wildman–Crippen MR) is 73.2 cm³/mol. The molecular weight excluding hydrogens is 226 g/mol. The molecule has 0 radical (unpaired) electrons. The first-order valence-electron chi connectivity index (χ1n) is 7.44. The van der Waals surface area contributed by atoms with Crippen molar-refractivity contribution in [2.45, 2.75) is 57.5 Å². The van der Waals surface area contributed by atoms with Crippen molar-refractivity contribution in [1.82, 2.24) is 10.2 Å². The van der Waals surface area contributed by atoms with Crippen LogP contribution >= 0.6 is 0 Å². The Morgan fingerprint density at radius 1 is 1.28 bits per heavy atom. The Morgan fingerprint density at radius 2 is 2.00 bits per heavy atom. The minimum absolute atomic E-state index is 0.189. The predicted octanol–water partition coefficient (Wildman–Crippen LogP) is 1.10. The molecule has 1 aliphatic heterocycles. The van der Waals surface area contributed by atoms with Crippen LogP contribution in [-0.4, -0.2) is 42.5 Å². The monoisotopic (exact) mass is 253 g/mol. The average molecular weight is 253 g/mol. The third kappa shape index (κ3) is 3.45. The number of likely N-dealkylation sites (tertiary alicyclic amines) is 1. The summed E-state index contributed by atoms with van der Waals surface area (Å²) in [5.74, 6) is 0.812. The lowest BCUT2D eigenvalue weighted by atomic mass is 9.95. The molecule has 0 aromatic rings. The molecule has 0 bridgehead atoms. The Balaban J connectivity index is 1.76. The number of amides is 1. The normalized spacial score (nSPS) is 30.6. The van der Waals surface area contributed by atoms with Crippen molar-refractivity contribution in [2.24, 2.45) is 11.7 Å². The topological polar surface area (TPSA) is 58.4 Å². The maximum atomic E-state index is 12.0. The van der Waals surface area contributed by atoms with Crippen LogP contribution in [0.2, 0.25) is 0 Å². The molecule has 3 N–H and O–H groups in total. The van der Waals surface area contributed by atoms with E-state index >= 15 is 0 Å². The number of carbonyl (C=O) groups excluding carboxylic acids is 1. The highest BCUT2D eigenvalue weighted by Gasteiger charge is 2.31. The van der Waals surface area contributed by atoms with E-state index in [0.29, 0.717) is 31.1 Å². The van der Waals surface area contributed by atoms with Crippen LogP contribution in [-0.2, 0) is 4.79 Å². The van der Waals surface area contributed by atoms with Crippen molar-refractivity contribution in [3.63, 3.8) is 0 Å². The standard InChI is InChI=1S/C14H27N3O/c1-11-7-8-17(13(11)9-15)10-14(18)16-12-5-3-2-4-6-12/h11-13H,2-10,15H2,1H3,(H,16,18). The van der Waals surface area contributed by atoms with E-state index in [1.165, 1.54) is 25.7 Å². The average Bonchev–Trinajstić information content (AvgIpc) is 2.71. The highest BCUT2D eigenvalue weighted by molar-refractivity contribution is 5.78. The van der Waals surface area contributed by atoms with E-state index in [0.717, 1.165) is 19.4 Å². The van der Waals surface area contributed by atoms with E-state index in [1.54, 1.807) is 0 Å². The number of nitrogens with two attached hydrogens (primary N) is 1. The van der Waals surface area contributed by atoms with E-state index in [9.17, 15) is 4.79 Å². The van der Waals surface area contributed by atoms with Crippen molar-refractivity contribution in [3.05, 3.63) is 0 Å². The zero-order chi connectivity index (χ0) is 13.0. The molecule has 0 aromatic heterocycles. The molecule has 2 unspecified atom stereocenters. The summed E-state index contributed by atoms with van der Waals surface area (Å²) in [6.45, 7) is 4.44. The van der Waals surface area contributed by atoms with Gasteiger partial charge in [-0.3, -0.25) is 9.69 Å². The zero-order valence-corrected chi connectivity index (χ0v) is 11.5. The van der Waals surface area contributed by atoms with Gasteiger partial charge in [0.05, 0.1) is 6.54 Å². The number of rotatable bonds is 4. The molecule has 4 nitrogen and oxygen atoms in total. The third-order valence-electron chi connectivity index (χ3n) is 4.56. The SMILES string of the molecule is CC1CCN(CC(=O)NC2CCCCC2)C1CN. The quantitative estimate of drug-likeness (QED) is 0.789. The number of nitrogens with one attached hydrogen (secondary N) is 1. The summed E-state index contributed by atoms with van der Waals surface area (Å²) in [5, 5.41) is 3.18. The first-order chi connectivity index (χ1) is 8.70. The Hall–Kier alpha value is -0.610. The molecule has 18 heavy (non-hydrogen) atoms. The molecule has 0 spiro atoms. The minimum atomic E-state index is 0.189. The van der Waals surface area contributed by atoms with Crippen molar-refractivity contribution >= 4 is 5.91 Å². The smallest absolute Gasteiger partial charge is 0.234 e. The Morgan fingerprint density at radius 3 is 2.67 bits per heavy atom. The van der Waals surface area contributed by atoms with Crippen LogP contribution in [0.25, 0.3) is 0 Å². The number of hydrogen-bond donors (Lipinski definition) is 2. The van der Waals surface area contributed by atoms with Gasteiger partial charge < -0.3 is 11.1 Å². The summed E-state index contributed by atoms with van der Waals surface area (Å²) in [7, 11) is 0. The maximum Gasteiger partial charge on any atom is 0.234 e. The van der Waals surface area contributed by atoms with Gasteiger partial charge in [-0.1, -0.05) is 26.2 Å². The summed E-state index contributed by atoms with van der Waals surface area (Å²) in [4.78, 5) is 14.3. The van der Waals surface area contributed by atoms with Gasteiger partial charge in [-0.15, -0.1) is 0 Å². The summed E-state index contributed by atoms with van der Waals surface area (Å²) in [6, 6.07) is 0.810. The Bertz CT molecular complexity index is 276. The first-order valence-corrected chi connectivity index (χ1v) is 7.44. The van der Waals surface area contributed by atoms with Crippen molar-refractivity contribution in [3.8, 4) is 0 Å². The highest BCUT2D eigenvalue weighted by atomic mass is 16.2. The molecular formula is C14H27N3O. The van der Waals surface area contributed by atoms with Crippen LogP contribution in [0.3, 0.4) is 0 Å². The van der Waals surface area contributed by atoms with Crippen molar-refractivity contribution < 1.29 is 4.79 Å². The molecule has 0 aromatic carbocycles. The van der Waals surface area contributed by atoms with Gasteiger partial charge in [0.2, 0.25) is 5.91 Å². The summed E-state index contributed by atoms with van der Waals surface area (Å²) >= 11 is 0. The maximum absolute atomic E-state index is 12.0. The number of carbonyl (C=O) groups is 1. The molecule has 2 atom stereocenters. The molecule has 104 valence electrons. The van der Waals surface area contributed by atoms with Crippen LogP contribution in [0, 0.1) is 5.92 Å². The fourth-order valence-electron chi connectivity index (χ4n) is 3.37. The van der Waals surface area contributed by atoms with Crippen molar-refractivity contribution in [1.29, 1.82) is 0 Å². The molecule has 2 fully saturated rings. The van der Waals surface area contributed by atoms with Crippen LogP contribution < -0.4 is 11.1 Å². The van der Waals surface area contributed by atoms with E-state index < -0.39 is 0 Å². The second-order valence-corrected chi connectivity index (χ2v) is 5.94. The number of hydrogen-bond acceptors (Lipinski definition) is 3. The lowest BCUT2D eigenvalue weighted by Gasteiger charge is -2.27. The van der Waals surface area contributed by atoms with Gasteiger partial charge in [0.1, 0.15) is 0 Å². The van der Waals surface area contributed by atoms with Crippen molar-refractivity contribution in [2.75, 3.05) is 19.6 Å². The Kier molecular flexibility index (Phi) is 5.01. The summed E-state index contributed by atoms with van der Waals surface area (Å²) in [5.41, 5.74) is 5.80.